The smallest absolute Gasteiger partial charge is 0.326 e. The minimum Gasteiger partial charge on any atom is -0.480 e. The minimum atomic E-state index is -0.931. The first-order chi connectivity index (χ1) is 5.52. The third kappa shape index (κ3) is 1.57. The Balaban J connectivity index is 2.72. The molecule has 4 heteroatoms. The summed E-state index contributed by atoms with van der Waals surface area (Å²) in [7, 11) is 0. The van der Waals surface area contributed by atoms with Gasteiger partial charge in [0.1, 0.15) is 6.04 Å². The average molecular weight is 171 g/mol. The molecule has 2 N–H and O–H groups in total. The highest BCUT2D eigenvalue weighted by Crippen LogP contribution is 2.24. The molecule has 0 aliphatic carbocycles. The van der Waals surface area contributed by atoms with E-state index < -0.39 is 12.0 Å². The average Bonchev–Trinajstić information content (AvgIpc) is 2.31. The molecule has 0 aromatic heterocycles. The molecule has 0 spiro atoms. The summed E-state index contributed by atoms with van der Waals surface area (Å²) in [5.41, 5.74) is 0. The molecule has 1 amide bonds. The van der Waals surface area contributed by atoms with Gasteiger partial charge in [-0.1, -0.05) is 13.8 Å². The molecule has 2 atom stereocenters. The van der Waals surface area contributed by atoms with Gasteiger partial charge in [0, 0.05) is 12.3 Å². The monoisotopic (exact) mass is 171 g/mol. The van der Waals surface area contributed by atoms with Crippen LogP contribution in [0.3, 0.4) is 0 Å². The topological polar surface area (TPSA) is 66.4 Å². The molecule has 68 valence electrons. The van der Waals surface area contributed by atoms with Crippen molar-refractivity contribution >= 4 is 11.9 Å². The number of carbonyl (C=O) groups is 2. The van der Waals surface area contributed by atoms with Gasteiger partial charge in [0.2, 0.25) is 5.91 Å². The van der Waals surface area contributed by atoms with Crippen LogP contribution in [0.5, 0.6) is 0 Å². The molecular weight excluding hydrogens is 158 g/mol. The Hall–Kier alpha value is -1.06. The van der Waals surface area contributed by atoms with E-state index in [1.165, 1.54) is 0 Å². The molecular formula is C8H13NO3. The number of carboxylic acid groups (broad SMARTS) is 1. The van der Waals surface area contributed by atoms with Gasteiger partial charge in [0.15, 0.2) is 0 Å². The van der Waals surface area contributed by atoms with Crippen LogP contribution < -0.4 is 5.32 Å². The largest absolute Gasteiger partial charge is 0.480 e. The van der Waals surface area contributed by atoms with E-state index in [1.807, 2.05) is 13.8 Å². The van der Waals surface area contributed by atoms with Crippen LogP contribution in [0.4, 0.5) is 0 Å². The van der Waals surface area contributed by atoms with Crippen LogP contribution in [0.15, 0.2) is 0 Å². The summed E-state index contributed by atoms with van der Waals surface area (Å²) in [6, 6.07) is -0.683. The van der Waals surface area contributed by atoms with Crippen molar-refractivity contribution in [3.05, 3.63) is 0 Å². The third-order valence-electron chi connectivity index (χ3n) is 2.29. The van der Waals surface area contributed by atoms with Gasteiger partial charge in [-0.15, -0.1) is 0 Å². The number of aliphatic carboxylic acids is 1. The molecule has 1 aliphatic heterocycles. The number of carboxylic acids is 1. The first-order valence-electron chi connectivity index (χ1n) is 4.04. The van der Waals surface area contributed by atoms with Gasteiger partial charge in [0.05, 0.1) is 0 Å². The number of carbonyl (C=O) groups excluding carboxylic acids is 1. The molecule has 1 rings (SSSR count). The van der Waals surface area contributed by atoms with Crippen molar-refractivity contribution in [2.75, 3.05) is 0 Å². The highest BCUT2D eigenvalue weighted by atomic mass is 16.4. The zero-order valence-corrected chi connectivity index (χ0v) is 7.20. The maximum Gasteiger partial charge on any atom is 0.326 e. The van der Waals surface area contributed by atoms with E-state index in [0.717, 1.165) is 0 Å². The van der Waals surface area contributed by atoms with Gasteiger partial charge in [-0.25, -0.2) is 4.79 Å². The Morgan fingerprint density at radius 2 is 2.25 bits per heavy atom. The van der Waals surface area contributed by atoms with E-state index >= 15 is 0 Å². The summed E-state index contributed by atoms with van der Waals surface area (Å²) < 4.78 is 0. The summed E-state index contributed by atoms with van der Waals surface area (Å²) in [5, 5.41) is 11.2. The molecule has 0 aromatic rings. The molecule has 1 fully saturated rings. The molecule has 0 unspecified atom stereocenters. The fraction of sp³-hybridized carbons (Fsp3) is 0.750. The van der Waals surface area contributed by atoms with Crippen LogP contribution in [0.25, 0.3) is 0 Å². The van der Waals surface area contributed by atoms with Crippen LogP contribution in [0.2, 0.25) is 0 Å². The van der Waals surface area contributed by atoms with Crippen molar-refractivity contribution in [3.63, 3.8) is 0 Å². The van der Waals surface area contributed by atoms with E-state index in [-0.39, 0.29) is 17.7 Å². The number of hydrogen-bond donors (Lipinski definition) is 2. The SMILES string of the molecule is CC(C)[C@@H]1CC(=O)N[C@@H]1C(=O)O. The Morgan fingerprint density at radius 1 is 1.67 bits per heavy atom. The Kier molecular flexibility index (Phi) is 2.35. The van der Waals surface area contributed by atoms with Gasteiger partial charge in [0.25, 0.3) is 0 Å². The summed E-state index contributed by atoms with van der Waals surface area (Å²) >= 11 is 0. The zero-order chi connectivity index (χ0) is 9.30. The minimum absolute atomic E-state index is 0.0602. The van der Waals surface area contributed by atoms with Gasteiger partial charge in [-0.05, 0) is 5.92 Å². The summed E-state index contributed by atoms with van der Waals surface area (Å²) in [4.78, 5) is 21.5. The van der Waals surface area contributed by atoms with Crippen LogP contribution >= 0.6 is 0 Å². The van der Waals surface area contributed by atoms with Crippen molar-refractivity contribution in [2.45, 2.75) is 26.3 Å². The van der Waals surface area contributed by atoms with Gasteiger partial charge in [-0.3, -0.25) is 4.79 Å². The van der Waals surface area contributed by atoms with E-state index in [1.54, 1.807) is 0 Å². The molecule has 1 heterocycles. The third-order valence-corrected chi connectivity index (χ3v) is 2.29. The lowest BCUT2D eigenvalue weighted by Gasteiger charge is -2.17. The Bertz CT molecular complexity index is 212. The van der Waals surface area contributed by atoms with Crippen LogP contribution in [-0.2, 0) is 9.59 Å². The molecule has 0 saturated carbocycles. The van der Waals surface area contributed by atoms with Crippen LogP contribution in [0.1, 0.15) is 20.3 Å². The maximum atomic E-state index is 10.9. The fourth-order valence-corrected chi connectivity index (χ4v) is 1.54. The van der Waals surface area contributed by atoms with E-state index in [2.05, 4.69) is 5.32 Å². The van der Waals surface area contributed by atoms with E-state index in [9.17, 15) is 9.59 Å². The van der Waals surface area contributed by atoms with Crippen molar-refractivity contribution in [1.29, 1.82) is 0 Å². The van der Waals surface area contributed by atoms with E-state index in [0.29, 0.717) is 6.42 Å². The van der Waals surface area contributed by atoms with Crippen LogP contribution in [-0.4, -0.2) is 23.0 Å². The second-order valence-electron chi connectivity index (χ2n) is 3.50. The van der Waals surface area contributed by atoms with Crippen molar-refractivity contribution in [1.82, 2.24) is 5.32 Å². The van der Waals surface area contributed by atoms with E-state index in [4.69, 9.17) is 5.11 Å². The number of rotatable bonds is 2. The lowest BCUT2D eigenvalue weighted by Crippen LogP contribution is -2.38. The lowest BCUT2D eigenvalue weighted by atomic mass is 9.89. The van der Waals surface area contributed by atoms with Crippen molar-refractivity contribution in [3.8, 4) is 0 Å². The summed E-state index contributed by atoms with van der Waals surface area (Å²) in [5.74, 6) is -0.916. The van der Waals surface area contributed by atoms with Crippen molar-refractivity contribution in [2.24, 2.45) is 11.8 Å². The molecule has 1 aliphatic rings. The maximum absolute atomic E-state index is 10.9. The zero-order valence-electron chi connectivity index (χ0n) is 7.20. The highest BCUT2D eigenvalue weighted by molar-refractivity contribution is 5.87. The van der Waals surface area contributed by atoms with Crippen molar-refractivity contribution < 1.29 is 14.7 Å². The molecule has 12 heavy (non-hydrogen) atoms. The molecule has 0 radical (unpaired) electrons. The fourth-order valence-electron chi connectivity index (χ4n) is 1.54. The second-order valence-corrected chi connectivity index (χ2v) is 3.50. The van der Waals surface area contributed by atoms with Gasteiger partial charge in [-0.2, -0.15) is 0 Å². The number of nitrogens with one attached hydrogen (secondary N) is 1. The van der Waals surface area contributed by atoms with Crippen LogP contribution in [0, 0.1) is 11.8 Å². The number of amides is 1. The standard InChI is InChI=1S/C8H13NO3/c1-4(2)5-3-6(10)9-7(5)8(11)12/h4-5,7H,3H2,1-2H3,(H,9,10)(H,11,12)/t5-,7-/m0/s1. The normalized spacial score (nSPS) is 29.1. The Morgan fingerprint density at radius 3 is 2.58 bits per heavy atom. The quantitative estimate of drug-likeness (QED) is 0.625. The molecule has 1 saturated heterocycles. The number of hydrogen-bond acceptors (Lipinski definition) is 2. The molecule has 0 aromatic carbocycles. The molecule has 4 nitrogen and oxygen atoms in total. The highest BCUT2D eigenvalue weighted by Gasteiger charge is 2.38. The summed E-state index contributed by atoms with van der Waals surface area (Å²) in [6.45, 7) is 3.86. The predicted molar refractivity (Wildman–Crippen MR) is 42.5 cm³/mol. The predicted octanol–water partition coefficient (Wildman–Crippen LogP) is 0.232. The Labute approximate surface area is 71.0 Å². The summed E-state index contributed by atoms with van der Waals surface area (Å²) in [6.07, 6.45) is 0.342. The van der Waals surface area contributed by atoms with Gasteiger partial charge < -0.3 is 10.4 Å². The second kappa shape index (κ2) is 3.13. The van der Waals surface area contributed by atoms with Gasteiger partial charge >= 0.3 is 5.97 Å². The first-order valence-corrected chi connectivity index (χ1v) is 4.04. The first kappa shape index (κ1) is 9.03. The molecule has 0 bridgehead atoms. The lowest BCUT2D eigenvalue weighted by molar-refractivity contribution is -0.141.